The molecular formula is C21H26N6O. The summed E-state index contributed by atoms with van der Waals surface area (Å²) in [5.74, 6) is 0.996. The summed E-state index contributed by atoms with van der Waals surface area (Å²) in [6.07, 6.45) is 4.70. The van der Waals surface area contributed by atoms with Crippen molar-refractivity contribution in [2.24, 2.45) is 5.41 Å². The highest BCUT2D eigenvalue weighted by Crippen LogP contribution is 2.42. The zero-order valence-corrected chi connectivity index (χ0v) is 16.0. The second-order valence-electron chi connectivity index (χ2n) is 7.87. The number of anilines is 2. The number of benzene rings is 1. The van der Waals surface area contributed by atoms with Crippen molar-refractivity contribution in [2.75, 3.05) is 17.2 Å². The molecule has 0 spiro atoms. The molecular weight excluding hydrogens is 352 g/mol. The van der Waals surface area contributed by atoms with E-state index in [2.05, 4.69) is 43.8 Å². The molecule has 0 unspecified atom stereocenters. The molecule has 4 N–H and O–H groups in total. The van der Waals surface area contributed by atoms with Crippen LogP contribution in [0, 0.1) is 16.7 Å². The Morgan fingerprint density at radius 1 is 1.39 bits per heavy atom. The maximum absolute atomic E-state index is 9.93. The number of rotatable bonds is 6. The Morgan fingerprint density at radius 3 is 2.96 bits per heavy atom. The molecule has 7 nitrogen and oxygen atoms in total. The highest BCUT2D eigenvalue weighted by atomic mass is 16.3. The van der Waals surface area contributed by atoms with E-state index in [-0.39, 0.29) is 19.0 Å². The molecule has 1 fully saturated rings. The van der Waals surface area contributed by atoms with Gasteiger partial charge in [-0.3, -0.25) is 0 Å². The molecule has 0 aliphatic heterocycles. The van der Waals surface area contributed by atoms with E-state index in [1.807, 2.05) is 32.2 Å². The van der Waals surface area contributed by atoms with E-state index in [1.165, 1.54) is 17.1 Å². The van der Waals surface area contributed by atoms with Crippen LogP contribution < -0.4 is 10.6 Å². The lowest BCUT2D eigenvalue weighted by molar-refractivity contribution is -0.0511. The van der Waals surface area contributed by atoms with Gasteiger partial charge in [-0.2, -0.15) is 10.2 Å². The SMILES string of the molecule is CC1(C)[C@@H](O)C[C@H]1Nc1nc(NCCc2c[nH]c3ccccc23)ncc1C#N.[HH]. The number of para-hydroxylation sites is 1. The van der Waals surface area contributed by atoms with Crippen LogP contribution in [0.5, 0.6) is 0 Å². The predicted octanol–water partition coefficient (Wildman–Crippen LogP) is 3.30. The van der Waals surface area contributed by atoms with Crippen molar-refractivity contribution in [3.8, 4) is 6.07 Å². The van der Waals surface area contributed by atoms with Crippen LogP contribution in [-0.2, 0) is 6.42 Å². The number of nitrogens with one attached hydrogen (secondary N) is 3. The number of nitriles is 1. The van der Waals surface area contributed by atoms with Gasteiger partial charge >= 0.3 is 0 Å². The Labute approximate surface area is 165 Å². The lowest BCUT2D eigenvalue weighted by atomic mass is 9.64. The van der Waals surface area contributed by atoms with Gasteiger partial charge in [0.05, 0.1) is 12.3 Å². The van der Waals surface area contributed by atoms with E-state index < -0.39 is 0 Å². The first-order valence-electron chi connectivity index (χ1n) is 9.49. The molecule has 1 aliphatic carbocycles. The number of fused-ring (bicyclic) bond motifs is 1. The first-order valence-corrected chi connectivity index (χ1v) is 9.49. The monoisotopic (exact) mass is 378 g/mol. The van der Waals surface area contributed by atoms with E-state index in [0.29, 0.717) is 30.3 Å². The number of aliphatic hydroxyl groups is 1. The van der Waals surface area contributed by atoms with Gasteiger partial charge in [0.2, 0.25) is 5.95 Å². The molecule has 1 saturated carbocycles. The Balaban J connectivity index is 0.00000240. The predicted molar refractivity (Wildman–Crippen MR) is 111 cm³/mol. The maximum Gasteiger partial charge on any atom is 0.224 e. The van der Waals surface area contributed by atoms with Crippen LogP contribution in [0.4, 0.5) is 11.8 Å². The average molecular weight is 378 g/mol. The number of hydrogen-bond donors (Lipinski definition) is 4. The molecule has 1 aromatic carbocycles. The van der Waals surface area contributed by atoms with Gasteiger partial charge in [0.1, 0.15) is 17.5 Å². The largest absolute Gasteiger partial charge is 0.392 e. The molecule has 7 heteroatoms. The lowest BCUT2D eigenvalue weighted by Gasteiger charge is -2.49. The molecule has 0 amide bonds. The van der Waals surface area contributed by atoms with Gasteiger partial charge in [0, 0.05) is 36.5 Å². The number of hydrogen-bond acceptors (Lipinski definition) is 6. The Hall–Kier alpha value is -3.11. The van der Waals surface area contributed by atoms with Crippen molar-refractivity contribution in [1.29, 1.82) is 5.26 Å². The van der Waals surface area contributed by atoms with Crippen LogP contribution in [0.15, 0.2) is 36.7 Å². The Kier molecular flexibility index (Phi) is 4.65. The topological polar surface area (TPSA) is 110 Å². The minimum absolute atomic E-state index is 0. The first kappa shape index (κ1) is 18.3. The Bertz CT molecular complexity index is 1040. The van der Waals surface area contributed by atoms with Crippen molar-refractivity contribution in [1.82, 2.24) is 15.0 Å². The second-order valence-corrected chi connectivity index (χ2v) is 7.87. The van der Waals surface area contributed by atoms with Crippen LogP contribution in [0.3, 0.4) is 0 Å². The quantitative estimate of drug-likeness (QED) is 0.524. The Morgan fingerprint density at radius 2 is 2.21 bits per heavy atom. The highest BCUT2D eigenvalue weighted by molar-refractivity contribution is 5.83. The summed E-state index contributed by atoms with van der Waals surface area (Å²) in [7, 11) is 0. The van der Waals surface area contributed by atoms with Gasteiger partial charge in [-0.1, -0.05) is 32.0 Å². The third-order valence-corrected chi connectivity index (χ3v) is 5.79. The molecule has 3 aromatic rings. The number of aromatic amines is 1. The smallest absolute Gasteiger partial charge is 0.224 e. The van der Waals surface area contributed by atoms with E-state index in [9.17, 15) is 10.4 Å². The molecule has 2 atom stereocenters. The van der Waals surface area contributed by atoms with Crippen molar-refractivity contribution < 1.29 is 6.53 Å². The summed E-state index contributed by atoms with van der Waals surface area (Å²) in [5.41, 5.74) is 2.52. The van der Waals surface area contributed by atoms with E-state index in [4.69, 9.17) is 0 Å². The minimum Gasteiger partial charge on any atom is -0.392 e. The summed E-state index contributed by atoms with van der Waals surface area (Å²) < 4.78 is 0. The van der Waals surface area contributed by atoms with Crippen molar-refractivity contribution >= 4 is 22.7 Å². The van der Waals surface area contributed by atoms with Gasteiger partial charge in [-0.25, -0.2) is 4.98 Å². The summed E-state index contributed by atoms with van der Waals surface area (Å²) in [4.78, 5) is 12.0. The van der Waals surface area contributed by atoms with Gasteiger partial charge in [-0.05, 0) is 24.5 Å². The number of H-pyrrole nitrogens is 1. The van der Waals surface area contributed by atoms with Crippen LogP contribution in [0.25, 0.3) is 10.9 Å². The molecule has 4 rings (SSSR count). The van der Waals surface area contributed by atoms with Crippen LogP contribution in [0.1, 0.15) is 32.8 Å². The van der Waals surface area contributed by atoms with Gasteiger partial charge < -0.3 is 20.7 Å². The maximum atomic E-state index is 9.93. The number of nitrogens with zero attached hydrogens (tertiary/aromatic N) is 3. The lowest BCUT2D eigenvalue weighted by Crippen LogP contribution is -2.57. The third kappa shape index (κ3) is 3.27. The standard InChI is InChI=1S/C21H24N6O.H2/c1-21(2)17(9-18(21)28)26-19-14(10-22)12-25-20(27-19)23-8-7-13-11-24-16-6-4-3-5-15(13)16;/h3-6,11-12,17-18,24,28H,7-9H2,1-2H3,(H2,23,25,26,27);1H/t17-,18+;/m1./s1. The fourth-order valence-corrected chi connectivity index (χ4v) is 3.62. The molecule has 0 radical (unpaired) electrons. The van der Waals surface area contributed by atoms with Crippen LogP contribution in [0.2, 0.25) is 0 Å². The van der Waals surface area contributed by atoms with Gasteiger partial charge in [0.15, 0.2) is 0 Å². The summed E-state index contributed by atoms with van der Waals surface area (Å²) >= 11 is 0. The van der Waals surface area contributed by atoms with Crippen molar-refractivity contribution in [3.63, 3.8) is 0 Å². The van der Waals surface area contributed by atoms with Gasteiger partial charge in [0.25, 0.3) is 0 Å². The number of aromatic nitrogens is 3. The third-order valence-electron chi connectivity index (χ3n) is 5.79. The fraction of sp³-hybridized carbons (Fsp3) is 0.381. The molecule has 28 heavy (non-hydrogen) atoms. The highest BCUT2D eigenvalue weighted by Gasteiger charge is 2.47. The van der Waals surface area contributed by atoms with Crippen LogP contribution in [-0.4, -0.2) is 38.7 Å². The molecule has 0 saturated heterocycles. The zero-order valence-electron chi connectivity index (χ0n) is 16.0. The van der Waals surface area contributed by atoms with Crippen molar-refractivity contribution in [2.45, 2.75) is 38.8 Å². The molecule has 0 bridgehead atoms. The average Bonchev–Trinajstić information content (AvgIpc) is 3.11. The van der Waals surface area contributed by atoms with Crippen LogP contribution >= 0.6 is 0 Å². The van der Waals surface area contributed by atoms with E-state index >= 15 is 0 Å². The van der Waals surface area contributed by atoms with E-state index in [0.717, 1.165) is 11.9 Å². The fourth-order valence-electron chi connectivity index (χ4n) is 3.62. The molecule has 2 aromatic heterocycles. The normalized spacial score (nSPS) is 20.4. The summed E-state index contributed by atoms with van der Waals surface area (Å²) in [6.45, 7) is 4.69. The summed E-state index contributed by atoms with van der Waals surface area (Å²) in [5, 5.41) is 27.1. The molecule has 146 valence electrons. The second kappa shape index (κ2) is 7.13. The zero-order chi connectivity index (χ0) is 19.7. The molecule has 2 heterocycles. The first-order chi connectivity index (χ1) is 13.5. The number of aliphatic hydroxyl groups excluding tert-OH is 1. The molecule has 1 aliphatic rings. The van der Waals surface area contributed by atoms with E-state index in [1.54, 1.807) is 0 Å². The van der Waals surface area contributed by atoms with Crippen molar-refractivity contribution in [3.05, 3.63) is 47.8 Å². The van der Waals surface area contributed by atoms with Gasteiger partial charge in [-0.15, -0.1) is 0 Å². The minimum atomic E-state index is -0.342. The summed E-state index contributed by atoms with van der Waals surface area (Å²) in [6, 6.07) is 10.4.